The summed E-state index contributed by atoms with van der Waals surface area (Å²) in [5.41, 5.74) is 2.54. The summed E-state index contributed by atoms with van der Waals surface area (Å²) in [4.78, 5) is 11.7. The Morgan fingerprint density at radius 1 is 1.50 bits per heavy atom. The van der Waals surface area contributed by atoms with Gasteiger partial charge in [-0.2, -0.15) is 0 Å². The number of hydrazine groups is 1. The lowest BCUT2D eigenvalue weighted by molar-refractivity contribution is 0.738. The Bertz CT molecular complexity index is 516. The van der Waals surface area contributed by atoms with Crippen molar-refractivity contribution in [2.75, 3.05) is 17.4 Å². The molecule has 0 amide bonds. The summed E-state index contributed by atoms with van der Waals surface area (Å²) < 4.78 is 0.762. The first kappa shape index (κ1) is 13.3. The molecule has 0 aliphatic carbocycles. The van der Waals surface area contributed by atoms with Crippen molar-refractivity contribution in [3.8, 4) is 0 Å². The molecular formula is C11H14BrN5S. The number of halogens is 1. The van der Waals surface area contributed by atoms with Crippen LogP contribution in [-0.4, -0.2) is 17.0 Å². The quantitative estimate of drug-likeness (QED) is 0.667. The number of aromatic nitrogens is 2. The van der Waals surface area contributed by atoms with Gasteiger partial charge in [-0.1, -0.05) is 6.07 Å². The van der Waals surface area contributed by atoms with E-state index in [9.17, 15) is 0 Å². The molecule has 0 aromatic carbocycles. The molecule has 2 heterocycles. The molecule has 0 saturated heterocycles. The Kier molecular flexibility index (Phi) is 4.15. The Morgan fingerprint density at radius 3 is 2.89 bits per heavy atom. The average molecular weight is 328 g/mol. The van der Waals surface area contributed by atoms with Crippen molar-refractivity contribution in [3.63, 3.8) is 0 Å². The number of anilines is 2. The molecule has 7 heteroatoms. The Morgan fingerprint density at radius 2 is 2.28 bits per heavy atom. The zero-order valence-corrected chi connectivity index (χ0v) is 12.5. The van der Waals surface area contributed by atoms with Crippen molar-refractivity contribution in [3.05, 3.63) is 33.2 Å². The predicted octanol–water partition coefficient (Wildman–Crippen LogP) is 2.78. The Hall–Kier alpha value is -1.18. The Balaban J connectivity index is 2.31. The summed E-state index contributed by atoms with van der Waals surface area (Å²) in [5.74, 6) is 6.78. The standard InChI is InChI=1S/C11H14BrN5S/c1-7(8-4-3-5-18-8)17(2)11-9(12)10(16-13)14-6-15-11/h3-7H,13H2,1-2H3,(H,14,15,16). The van der Waals surface area contributed by atoms with Crippen LogP contribution in [0.2, 0.25) is 0 Å². The molecular weight excluding hydrogens is 314 g/mol. The molecule has 0 saturated carbocycles. The van der Waals surface area contributed by atoms with Gasteiger partial charge >= 0.3 is 0 Å². The number of rotatable bonds is 4. The highest BCUT2D eigenvalue weighted by Gasteiger charge is 2.18. The molecule has 0 fully saturated rings. The minimum absolute atomic E-state index is 0.238. The summed E-state index contributed by atoms with van der Waals surface area (Å²) in [6, 6.07) is 4.40. The van der Waals surface area contributed by atoms with E-state index in [2.05, 4.69) is 54.6 Å². The van der Waals surface area contributed by atoms with Crippen LogP contribution in [-0.2, 0) is 0 Å². The fourth-order valence-corrected chi connectivity index (χ4v) is 3.04. The second-order valence-corrected chi connectivity index (χ2v) is 5.58. The SMILES string of the molecule is CC(c1cccs1)N(C)c1ncnc(NN)c1Br. The van der Waals surface area contributed by atoms with Gasteiger partial charge in [0.15, 0.2) is 5.82 Å². The molecule has 0 aliphatic rings. The first-order valence-electron chi connectivity index (χ1n) is 5.38. The third-order valence-electron chi connectivity index (χ3n) is 2.78. The average Bonchev–Trinajstić information content (AvgIpc) is 2.91. The van der Waals surface area contributed by atoms with Gasteiger partial charge in [-0.25, -0.2) is 15.8 Å². The first-order chi connectivity index (χ1) is 8.65. The normalized spacial score (nSPS) is 12.2. The molecule has 96 valence electrons. The second-order valence-electron chi connectivity index (χ2n) is 3.81. The van der Waals surface area contributed by atoms with Gasteiger partial charge in [0.2, 0.25) is 0 Å². The van der Waals surface area contributed by atoms with Crippen LogP contribution in [0.25, 0.3) is 0 Å². The van der Waals surface area contributed by atoms with E-state index in [1.165, 1.54) is 11.2 Å². The second kappa shape index (κ2) is 5.64. The topological polar surface area (TPSA) is 67.1 Å². The van der Waals surface area contributed by atoms with Gasteiger partial charge in [-0.05, 0) is 34.3 Å². The number of hydrogen-bond donors (Lipinski definition) is 2. The number of thiophene rings is 1. The molecule has 1 unspecified atom stereocenters. The minimum atomic E-state index is 0.238. The molecule has 0 bridgehead atoms. The fraction of sp³-hybridized carbons (Fsp3) is 0.273. The van der Waals surface area contributed by atoms with E-state index >= 15 is 0 Å². The summed E-state index contributed by atoms with van der Waals surface area (Å²) in [6.07, 6.45) is 1.49. The summed E-state index contributed by atoms with van der Waals surface area (Å²) in [7, 11) is 2.00. The van der Waals surface area contributed by atoms with Crippen molar-refractivity contribution in [1.29, 1.82) is 0 Å². The highest BCUT2D eigenvalue weighted by molar-refractivity contribution is 9.10. The van der Waals surface area contributed by atoms with Crippen molar-refractivity contribution in [2.45, 2.75) is 13.0 Å². The number of nitrogen functional groups attached to an aromatic ring is 1. The molecule has 1 atom stereocenters. The van der Waals surface area contributed by atoms with Crippen LogP contribution < -0.4 is 16.2 Å². The maximum atomic E-state index is 5.40. The lowest BCUT2D eigenvalue weighted by atomic mass is 10.2. The molecule has 0 aliphatic heterocycles. The number of nitrogens with zero attached hydrogens (tertiary/aromatic N) is 3. The summed E-state index contributed by atoms with van der Waals surface area (Å²) in [6.45, 7) is 2.13. The predicted molar refractivity (Wildman–Crippen MR) is 78.7 cm³/mol. The maximum absolute atomic E-state index is 5.40. The third-order valence-corrected chi connectivity index (χ3v) is 4.55. The van der Waals surface area contributed by atoms with Crippen LogP contribution in [0.5, 0.6) is 0 Å². The van der Waals surface area contributed by atoms with Crippen molar-refractivity contribution < 1.29 is 0 Å². The third kappa shape index (κ3) is 2.47. The van der Waals surface area contributed by atoms with Gasteiger partial charge in [-0.3, -0.25) is 0 Å². The Labute approximate surface area is 118 Å². The molecule has 2 aromatic rings. The lowest BCUT2D eigenvalue weighted by Gasteiger charge is -2.26. The highest BCUT2D eigenvalue weighted by Crippen LogP contribution is 2.33. The fourth-order valence-electron chi connectivity index (χ4n) is 1.61. The molecule has 18 heavy (non-hydrogen) atoms. The van der Waals surface area contributed by atoms with Gasteiger partial charge in [0, 0.05) is 11.9 Å². The van der Waals surface area contributed by atoms with E-state index in [-0.39, 0.29) is 6.04 Å². The largest absolute Gasteiger partial charge is 0.351 e. The van der Waals surface area contributed by atoms with E-state index in [0.29, 0.717) is 5.82 Å². The summed E-state index contributed by atoms with van der Waals surface area (Å²) >= 11 is 5.20. The van der Waals surface area contributed by atoms with Gasteiger partial charge in [-0.15, -0.1) is 11.3 Å². The van der Waals surface area contributed by atoms with Crippen LogP contribution in [0.4, 0.5) is 11.6 Å². The number of nitrogens with one attached hydrogen (secondary N) is 1. The molecule has 0 radical (unpaired) electrons. The van der Waals surface area contributed by atoms with Crippen LogP contribution in [0.1, 0.15) is 17.8 Å². The van der Waals surface area contributed by atoms with Crippen LogP contribution in [0.15, 0.2) is 28.3 Å². The van der Waals surface area contributed by atoms with Gasteiger partial charge in [0.25, 0.3) is 0 Å². The van der Waals surface area contributed by atoms with Gasteiger partial charge in [0.05, 0.1) is 6.04 Å². The molecule has 3 N–H and O–H groups in total. The van der Waals surface area contributed by atoms with Crippen molar-refractivity contribution in [1.82, 2.24) is 9.97 Å². The summed E-state index contributed by atoms with van der Waals surface area (Å²) in [5, 5.41) is 2.07. The van der Waals surface area contributed by atoms with E-state index in [1.54, 1.807) is 11.3 Å². The van der Waals surface area contributed by atoms with Crippen molar-refractivity contribution in [2.24, 2.45) is 5.84 Å². The first-order valence-corrected chi connectivity index (χ1v) is 7.05. The van der Waals surface area contributed by atoms with Gasteiger partial charge in [0.1, 0.15) is 16.6 Å². The number of nitrogens with two attached hydrogens (primary N) is 1. The zero-order valence-electron chi connectivity index (χ0n) is 10.1. The zero-order chi connectivity index (χ0) is 13.1. The van der Waals surface area contributed by atoms with E-state index in [4.69, 9.17) is 5.84 Å². The number of hydrogen-bond acceptors (Lipinski definition) is 6. The monoisotopic (exact) mass is 327 g/mol. The maximum Gasteiger partial charge on any atom is 0.159 e. The van der Waals surface area contributed by atoms with E-state index < -0.39 is 0 Å². The van der Waals surface area contributed by atoms with E-state index in [1.807, 2.05) is 13.1 Å². The van der Waals surface area contributed by atoms with E-state index in [0.717, 1.165) is 10.3 Å². The molecule has 2 rings (SSSR count). The van der Waals surface area contributed by atoms with Crippen LogP contribution in [0, 0.1) is 0 Å². The van der Waals surface area contributed by atoms with Gasteiger partial charge < -0.3 is 10.3 Å². The lowest BCUT2D eigenvalue weighted by Crippen LogP contribution is -2.23. The van der Waals surface area contributed by atoms with Crippen LogP contribution >= 0.6 is 27.3 Å². The molecule has 0 spiro atoms. The molecule has 5 nitrogen and oxygen atoms in total. The highest BCUT2D eigenvalue weighted by atomic mass is 79.9. The smallest absolute Gasteiger partial charge is 0.159 e. The molecule has 2 aromatic heterocycles. The van der Waals surface area contributed by atoms with Crippen molar-refractivity contribution >= 4 is 38.9 Å². The minimum Gasteiger partial charge on any atom is -0.351 e. The van der Waals surface area contributed by atoms with Crippen LogP contribution in [0.3, 0.4) is 0 Å².